The van der Waals surface area contributed by atoms with Crippen LogP contribution >= 0.6 is 11.8 Å². The molecule has 0 unspecified atom stereocenters. The van der Waals surface area contributed by atoms with Crippen molar-refractivity contribution in [2.45, 2.75) is 59.6 Å². The number of ether oxygens (including phenoxy) is 1. The highest BCUT2D eigenvalue weighted by Gasteiger charge is 2.27. The van der Waals surface area contributed by atoms with Crippen LogP contribution in [0.2, 0.25) is 0 Å². The first-order chi connectivity index (χ1) is 17.2. The first-order valence-corrected chi connectivity index (χ1v) is 13.3. The summed E-state index contributed by atoms with van der Waals surface area (Å²) in [4.78, 5) is 8.32. The lowest BCUT2D eigenvalue weighted by Gasteiger charge is -2.24. The van der Waals surface area contributed by atoms with Crippen LogP contribution in [0.1, 0.15) is 53.4 Å². The van der Waals surface area contributed by atoms with Gasteiger partial charge in [0, 0.05) is 24.5 Å². The molecule has 0 bridgehead atoms. The largest absolute Gasteiger partial charge is 0.497 e. The number of hydrogen-bond acceptors (Lipinski definition) is 4. The Morgan fingerprint density at radius 3 is 2.64 bits per heavy atom. The highest BCUT2D eigenvalue weighted by Crippen LogP contribution is 2.28. The van der Waals surface area contributed by atoms with Crippen LogP contribution in [-0.4, -0.2) is 49.4 Å². The van der Waals surface area contributed by atoms with E-state index in [4.69, 9.17) is 4.74 Å². The second-order valence-corrected chi connectivity index (χ2v) is 9.43. The van der Waals surface area contributed by atoms with E-state index in [2.05, 4.69) is 41.6 Å². The van der Waals surface area contributed by atoms with Crippen molar-refractivity contribution in [3.8, 4) is 0 Å². The van der Waals surface area contributed by atoms with Gasteiger partial charge in [-0.15, -0.1) is 0 Å². The molecule has 0 aromatic heterocycles. The van der Waals surface area contributed by atoms with E-state index in [-0.39, 0.29) is 5.57 Å². The van der Waals surface area contributed by atoms with Crippen LogP contribution in [0.5, 0.6) is 0 Å². The van der Waals surface area contributed by atoms with Gasteiger partial charge in [-0.2, -0.15) is 13.2 Å². The molecule has 0 saturated heterocycles. The van der Waals surface area contributed by atoms with E-state index in [1.54, 1.807) is 24.9 Å². The normalized spacial score (nSPS) is 22.3. The predicted molar refractivity (Wildman–Crippen MR) is 150 cm³/mol. The lowest BCUT2D eigenvalue weighted by molar-refractivity contribution is -0.126. The van der Waals surface area contributed by atoms with Crippen LogP contribution < -0.4 is 0 Å². The number of rotatable bonds is 8. The summed E-state index contributed by atoms with van der Waals surface area (Å²) in [7, 11) is 1.69. The van der Waals surface area contributed by atoms with Crippen LogP contribution in [0.3, 0.4) is 0 Å². The third kappa shape index (κ3) is 13.2. The van der Waals surface area contributed by atoms with Crippen molar-refractivity contribution in [1.82, 2.24) is 4.90 Å². The molecule has 3 nitrogen and oxygen atoms in total. The van der Waals surface area contributed by atoms with Gasteiger partial charge in [0.05, 0.1) is 25.1 Å². The summed E-state index contributed by atoms with van der Waals surface area (Å²) in [6.45, 7) is 15.0. The first kappa shape index (κ1) is 31.8. The summed E-state index contributed by atoms with van der Waals surface area (Å²) in [5.74, 6) is 0.856. The Morgan fingerprint density at radius 2 is 1.97 bits per heavy atom. The molecule has 2 rings (SSSR count). The maximum Gasteiger partial charge on any atom is 0.393 e. The van der Waals surface area contributed by atoms with E-state index in [1.165, 1.54) is 16.6 Å². The molecule has 0 radical (unpaired) electrons. The summed E-state index contributed by atoms with van der Waals surface area (Å²) in [6.07, 6.45) is 12.4. The van der Waals surface area contributed by atoms with Gasteiger partial charge in [0.25, 0.3) is 0 Å². The zero-order valence-corrected chi connectivity index (χ0v) is 23.1. The standard InChI is InChI=1S/C27H35F3N2OS.C2H6/c1-5-23(19-27(28,29)30)10-8-9-22(3)26-31-16-14-25(34-26)20-32-17-7-6-11-24(33-4)13-12-21(2)15-18-32;1-2/h5-6,9-14H,1,7-8,15-20H2,2-4H3;1-2H3/b11-6+,21-12+,22-9+,23-10+,24-13+;. The molecule has 0 amide bonds. The molecule has 2 aliphatic rings. The fourth-order valence-electron chi connectivity index (χ4n) is 3.44. The smallest absolute Gasteiger partial charge is 0.393 e. The third-order valence-corrected chi connectivity index (χ3v) is 6.66. The fraction of sp³-hybridized carbons (Fsp3) is 0.483. The van der Waals surface area contributed by atoms with Gasteiger partial charge in [-0.3, -0.25) is 9.89 Å². The topological polar surface area (TPSA) is 24.8 Å². The number of aliphatic imine (C=N–C) groups is 1. The Hall–Kier alpha value is -2.25. The van der Waals surface area contributed by atoms with Gasteiger partial charge in [0.2, 0.25) is 0 Å². The Labute approximate surface area is 220 Å². The molecular formula is C29H41F3N2OS. The van der Waals surface area contributed by atoms with Gasteiger partial charge >= 0.3 is 6.18 Å². The van der Waals surface area contributed by atoms with E-state index in [0.717, 1.165) is 48.9 Å². The van der Waals surface area contributed by atoms with E-state index in [1.807, 2.05) is 39.0 Å². The number of alkyl halides is 3. The number of thioether (sulfide) groups is 1. The molecule has 2 aliphatic heterocycles. The van der Waals surface area contributed by atoms with Crippen molar-refractivity contribution in [3.63, 3.8) is 0 Å². The molecule has 0 fully saturated rings. The number of nitrogens with zero attached hydrogens (tertiary/aromatic N) is 2. The van der Waals surface area contributed by atoms with Gasteiger partial charge in [-0.1, -0.05) is 74.2 Å². The van der Waals surface area contributed by atoms with Gasteiger partial charge in [-0.05, 0) is 56.4 Å². The predicted octanol–water partition coefficient (Wildman–Crippen LogP) is 8.57. The maximum atomic E-state index is 12.6. The van der Waals surface area contributed by atoms with Crippen molar-refractivity contribution < 1.29 is 17.9 Å². The second-order valence-electron chi connectivity index (χ2n) is 8.32. The molecule has 36 heavy (non-hydrogen) atoms. The molecular weight excluding hydrogens is 481 g/mol. The van der Waals surface area contributed by atoms with Gasteiger partial charge < -0.3 is 4.74 Å². The zero-order chi connectivity index (χ0) is 27.0. The number of hydrogen-bond donors (Lipinski definition) is 0. The van der Waals surface area contributed by atoms with Crippen LogP contribution in [0.15, 0.2) is 87.6 Å². The Morgan fingerprint density at radius 1 is 1.22 bits per heavy atom. The zero-order valence-electron chi connectivity index (χ0n) is 22.3. The third-order valence-electron chi connectivity index (χ3n) is 5.45. The molecule has 0 aromatic rings. The number of allylic oxidation sites excluding steroid dienone is 7. The van der Waals surface area contributed by atoms with E-state index >= 15 is 0 Å². The van der Waals surface area contributed by atoms with Crippen molar-refractivity contribution in [2.24, 2.45) is 4.99 Å². The molecule has 0 saturated carbocycles. The molecule has 0 spiro atoms. The van der Waals surface area contributed by atoms with Crippen molar-refractivity contribution in [2.75, 3.05) is 33.3 Å². The van der Waals surface area contributed by atoms with Crippen LogP contribution in [0.25, 0.3) is 0 Å². The minimum atomic E-state index is -4.22. The minimum absolute atomic E-state index is 0.196. The fourth-order valence-corrected chi connectivity index (χ4v) is 4.48. The summed E-state index contributed by atoms with van der Waals surface area (Å²) < 4.78 is 43.2. The summed E-state index contributed by atoms with van der Waals surface area (Å²) in [6, 6.07) is 0. The first-order valence-electron chi connectivity index (χ1n) is 12.5. The van der Waals surface area contributed by atoms with Crippen molar-refractivity contribution in [3.05, 3.63) is 82.6 Å². The van der Waals surface area contributed by atoms with Crippen LogP contribution in [-0.2, 0) is 4.74 Å². The van der Waals surface area contributed by atoms with Crippen molar-refractivity contribution >= 4 is 16.8 Å². The second kappa shape index (κ2) is 17.2. The summed E-state index contributed by atoms with van der Waals surface area (Å²) >= 11 is 1.66. The van der Waals surface area contributed by atoms with Crippen LogP contribution in [0, 0.1) is 0 Å². The molecule has 0 atom stereocenters. The monoisotopic (exact) mass is 522 g/mol. The van der Waals surface area contributed by atoms with Crippen molar-refractivity contribution in [1.29, 1.82) is 0 Å². The van der Waals surface area contributed by atoms with E-state index in [0.29, 0.717) is 13.0 Å². The lowest BCUT2D eigenvalue weighted by Crippen LogP contribution is -2.28. The molecule has 200 valence electrons. The SMILES string of the molecule is C=C/C(=C\C/C=C(\C)C1=NCC=C(CN2CC/C=C/C(OC)=C\C=C(/C)CC2)S1)CC(F)(F)F.CC. The summed E-state index contributed by atoms with van der Waals surface area (Å²) in [5, 5.41) is 0.935. The van der Waals surface area contributed by atoms with E-state index < -0.39 is 12.6 Å². The van der Waals surface area contributed by atoms with E-state index in [9.17, 15) is 13.2 Å². The van der Waals surface area contributed by atoms with Gasteiger partial charge in [-0.25, -0.2) is 0 Å². The van der Waals surface area contributed by atoms with Crippen LogP contribution in [0.4, 0.5) is 13.2 Å². The van der Waals surface area contributed by atoms with Gasteiger partial charge in [0.15, 0.2) is 0 Å². The number of halogens is 3. The molecule has 0 N–H and O–H groups in total. The Bertz CT molecular complexity index is 921. The highest BCUT2D eigenvalue weighted by atomic mass is 32.2. The average molecular weight is 523 g/mol. The molecule has 0 aromatic carbocycles. The van der Waals surface area contributed by atoms with Gasteiger partial charge in [0.1, 0.15) is 5.76 Å². The molecule has 7 heteroatoms. The minimum Gasteiger partial charge on any atom is -0.497 e. The molecule has 2 heterocycles. The average Bonchev–Trinajstić information content (AvgIpc) is 2.89. The Balaban J connectivity index is 0.00000316. The maximum absolute atomic E-state index is 12.6. The Kier molecular flexibility index (Phi) is 15.2. The lowest BCUT2D eigenvalue weighted by atomic mass is 10.1. The summed E-state index contributed by atoms with van der Waals surface area (Å²) in [5.41, 5.74) is 2.49. The molecule has 0 aliphatic carbocycles. The number of methoxy groups -OCH3 is 1. The highest BCUT2D eigenvalue weighted by molar-refractivity contribution is 8.17. The quantitative estimate of drug-likeness (QED) is 0.299.